The number of thioether (sulfide) groups is 1. The lowest BCUT2D eigenvalue weighted by Crippen LogP contribution is -2.42. The van der Waals surface area contributed by atoms with Crippen LogP contribution in [-0.2, 0) is 4.79 Å². The molecule has 0 radical (unpaired) electrons. The maximum atomic E-state index is 11.9. The highest BCUT2D eigenvalue weighted by Crippen LogP contribution is 2.20. The van der Waals surface area contributed by atoms with Gasteiger partial charge in [0.05, 0.1) is 5.92 Å². The molecule has 2 fully saturated rings. The summed E-state index contributed by atoms with van der Waals surface area (Å²) in [5, 5.41) is 6.46. The van der Waals surface area contributed by atoms with E-state index >= 15 is 0 Å². The SMILES string of the molecule is CC1NCCC1C(=O)NC1CCSC1. The Balaban J connectivity index is 1.82. The molecule has 4 heteroatoms. The highest BCUT2D eigenvalue weighted by atomic mass is 32.2. The Morgan fingerprint density at radius 2 is 2.36 bits per heavy atom. The van der Waals surface area contributed by atoms with Crippen molar-refractivity contribution in [2.75, 3.05) is 18.1 Å². The molecule has 0 saturated carbocycles. The van der Waals surface area contributed by atoms with Crippen molar-refractivity contribution in [3.05, 3.63) is 0 Å². The van der Waals surface area contributed by atoms with E-state index in [1.807, 2.05) is 11.8 Å². The number of amides is 1. The van der Waals surface area contributed by atoms with Crippen LogP contribution in [0.25, 0.3) is 0 Å². The summed E-state index contributed by atoms with van der Waals surface area (Å²) in [6, 6.07) is 0.782. The standard InChI is InChI=1S/C10H18N2OS/c1-7-9(2-4-11-7)10(13)12-8-3-5-14-6-8/h7-9,11H,2-6H2,1H3,(H,12,13). The van der Waals surface area contributed by atoms with Gasteiger partial charge < -0.3 is 10.6 Å². The van der Waals surface area contributed by atoms with E-state index in [0.29, 0.717) is 12.1 Å². The minimum Gasteiger partial charge on any atom is -0.352 e. The third-order valence-electron chi connectivity index (χ3n) is 3.14. The molecular weight excluding hydrogens is 196 g/mol. The number of carbonyl (C=O) groups is 1. The number of carbonyl (C=O) groups excluding carboxylic acids is 1. The van der Waals surface area contributed by atoms with E-state index in [1.54, 1.807) is 0 Å². The molecule has 2 N–H and O–H groups in total. The molecule has 3 unspecified atom stereocenters. The number of rotatable bonds is 2. The first kappa shape index (κ1) is 10.3. The zero-order valence-corrected chi connectivity index (χ0v) is 9.40. The first-order valence-corrected chi connectivity index (χ1v) is 6.54. The van der Waals surface area contributed by atoms with Crippen molar-refractivity contribution in [2.45, 2.75) is 31.8 Å². The van der Waals surface area contributed by atoms with Crippen LogP contribution in [0.2, 0.25) is 0 Å². The number of hydrogen-bond acceptors (Lipinski definition) is 3. The Labute approximate surface area is 89.4 Å². The molecule has 3 nitrogen and oxygen atoms in total. The summed E-state index contributed by atoms with van der Waals surface area (Å²) >= 11 is 1.94. The lowest BCUT2D eigenvalue weighted by atomic mass is 10.0. The van der Waals surface area contributed by atoms with E-state index < -0.39 is 0 Å². The smallest absolute Gasteiger partial charge is 0.224 e. The highest BCUT2D eigenvalue weighted by molar-refractivity contribution is 7.99. The fourth-order valence-corrected chi connectivity index (χ4v) is 3.33. The Kier molecular flexibility index (Phi) is 3.34. The Morgan fingerprint density at radius 1 is 1.50 bits per heavy atom. The molecule has 0 bridgehead atoms. The molecule has 1 amide bonds. The molecule has 0 aliphatic carbocycles. The summed E-state index contributed by atoms with van der Waals surface area (Å²) in [6.45, 7) is 3.08. The Hall–Kier alpha value is -0.220. The maximum absolute atomic E-state index is 11.9. The van der Waals surface area contributed by atoms with Crippen LogP contribution in [0.3, 0.4) is 0 Å². The second-order valence-corrected chi connectivity index (χ2v) is 5.36. The van der Waals surface area contributed by atoms with Crippen LogP contribution in [0.5, 0.6) is 0 Å². The summed E-state index contributed by atoms with van der Waals surface area (Å²) in [5.74, 6) is 2.75. The van der Waals surface area contributed by atoms with Crippen LogP contribution in [-0.4, -0.2) is 36.0 Å². The first-order chi connectivity index (χ1) is 6.77. The van der Waals surface area contributed by atoms with E-state index in [0.717, 1.165) is 25.1 Å². The minimum absolute atomic E-state index is 0.195. The van der Waals surface area contributed by atoms with E-state index in [2.05, 4.69) is 17.6 Å². The van der Waals surface area contributed by atoms with Gasteiger partial charge in [-0.15, -0.1) is 0 Å². The van der Waals surface area contributed by atoms with Crippen molar-refractivity contribution in [2.24, 2.45) is 5.92 Å². The van der Waals surface area contributed by atoms with E-state index in [9.17, 15) is 4.79 Å². The molecule has 0 aromatic heterocycles. The van der Waals surface area contributed by atoms with Crippen molar-refractivity contribution < 1.29 is 4.79 Å². The van der Waals surface area contributed by atoms with E-state index in [4.69, 9.17) is 0 Å². The van der Waals surface area contributed by atoms with Crippen molar-refractivity contribution in [1.29, 1.82) is 0 Å². The average Bonchev–Trinajstić information content (AvgIpc) is 2.75. The van der Waals surface area contributed by atoms with Gasteiger partial charge in [-0.1, -0.05) is 0 Å². The van der Waals surface area contributed by atoms with Crippen LogP contribution in [0.15, 0.2) is 0 Å². The lowest BCUT2D eigenvalue weighted by molar-refractivity contribution is -0.125. The van der Waals surface area contributed by atoms with Gasteiger partial charge in [0.25, 0.3) is 0 Å². The molecule has 2 heterocycles. The second-order valence-electron chi connectivity index (χ2n) is 4.21. The molecule has 2 aliphatic heterocycles. The van der Waals surface area contributed by atoms with Gasteiger partial charge in [-0.3, -0.25) is 4.79 Å². The second kappa shape index (κ2) is 4.53. The minimum atomic E-state index is 0.195. The van der Waals surface area contributed by atoms with Crippen LogP contribution in [0.4, 0.5) is 0 Å². The average molecular weight is 214 g/mol. The van der Waals surface area contributed by atoms with Gasteiger partial charge in [0.2, 0.25) is 5.91 Å². The molecule has 0 spiro atoms. The zero-order chi connectivity index (χ0) is 9.97. The summed E-state index contributed by atoms with van der Waals surface area (Å²) in [6.07, 6.45) is 2.14. The van der Waals surface area contributed by atoms with Crippen LogP contribution in [0.1, 0.15) is 19.8 Å². The first-order valence-electron chi connectivity index (χ1n) is 5.39. The van der Waals surface area contributed by atoms with Gasteiger partial charge in [0.1, 0.15) is 0 Å². The maximum Gasteiger partial charge on any atom is 0.224 e. The van der Waals surface area contributed by atoms with Crippen LogP contribution < -0.4 is 10.6 Å². The van der Waals surface area contributed by atoms with Gasteiger partial charge >= 0.3 is 0 Å². The monoisotopic (exact) mass is 214 g/mol. The van der Waals surface area contributed by atoms with Gasteiger partial charge in [0.15, 0.2) is 0 Å². The predicted molar refractivity (Wildman–Crippen MR) is 59.4 cm³/mol. The molecule has 0 aromatic carbocycles. The third-order valence-corrected chi connectivity index (χ3v) is 4.30. The largest absolute Gasteiger partial charge is 0.352 e. The predicted octanol–water partition coefficient (Wildman–Crippen LogP) is 0.606. The molecule has 2 rings (SSSR count). The quantitative estimate of drug-likeness (QED) is 0.707. The third kappa shape index (κ3) is 2.23. The Morgan fingerprint density at radius 3 is 2.93 bits per heavy atom. The zero-order valence-electron chi connectivity index (χ0n) is 8.58. The molecule has 0 aromatic rings. The van der Waals surface area contributed by atoms with Gasteiger partial charge in [-0.25, -0.2) is 0 Å². The van der Waals surface area contributed by atoms with Crippen LogP contribution in [0, 0.1) is 5.92 Å². The Bertz CT molecular complexity index is 216. The molecule has 80 valence electrons. The van der Waals surface area contributed by atoms with E-state index in [-0.39, 0.29) is 11.8 Å². The molecule has 2 aliphatic rings. The molecule has 2 saturated heterocycles. The highest BCUT2D eigenvalue weighted by Gasteiger charge is 2.30. The summed E-state index contributed by atoms with van der Waals surface area (Å²) in [4.78, 5) is 11.9. The summed E-state index contributed by atoms with van der Waals surface area (Å²) in [5.41, 5.74) is 0. The normalized spacial score (nSPS) is 37.4. The molecule has 3 atom stereocenters. The summed E-state index contributed by atoms with van der Waals surface area (Å²) in [7, 11) is 0. The fraction of sp³-hybridized carbons (Fsp3) is 0.900. The number of hydrogen-bond donors (Lipinski definition) is 2. The van der Waals surface area contributed by atoms with Gasteiger partial charge in [-0.2, -0.15) is 11.8 Å². The number of nitrogens with one attached hydrogen (secondary N) is 2. The van der Waals surface area contributed by atoms with Crippen molar-refractivity contribution >= 4 is 17.7 Å². The summed E-state index contributed by atoms with van der Waals surface area (Å²) < 4.78 is 0. The molecule has 14 heavy (non-hydrogen) atoms. The lowest BCUT2D eigenvalue weighted by Gasteiger charge is -2.18. The van der Waals surface area contributed by atoms with Crippen LogP contribution >= 0.6 is 11.8 Å². The van der Waals surface area contributed by atoms with Crippen molar-refractivity contribution in [1.82, 2.24) is 10.6 Å². The van der Waals surface area contributed by atoms with Crippen molar-refractivity contribution in [3.63, 3.8) is 0 Å². The van der Waals surface area contributed by atoms with Crippen molar-refractivity contribution in [3.8, 4) is 0 Å². The van der Waals surface area contributed by atoms with E-state index in [1.165, 1.54) is 5.75 Å². The van der Waals surface area contributed by atoms with Gasteiger partial charge in [-0.05, 0) is 32.1 Å². The van der Waals surface area contributed by atoms with Gasteiger partial charge in [0, 0.05) is 17.8 Å². The topological polar surface area (TPSA) is 41.1 Å². The fourth-order valence-electron chi connectivity index (χ4n) is 2.17. The molecular formula is C10H18N2OS.